The van der Waals surface area contributed by atoms with Crippen molar-refractivity contribution < 1.29 is 9.59 Å². The molecule has 3 rings (SSSR count). The van der Waals surface area contributed by atoms with Crippen molar-refractivity contribution in [1.29, 1.82) is 0 Å². The van der Waals surface area contributed by atoms with E-state index in [1.807, 2.05) is 44.2 Å². The lowest BCUT2D eigenvalue weighted by Crippen LogP contribution is -2.49. The van der Waals surface area contributed by atoms with E-state index in [2.05, 4.69) is 4.98 Å². The number of rotatable bonds is 3. The van der Waals surface area contributed by atoms with Gasteiger partial charge in [0.2, 0.25) is 5.91 Å². The summed E-state index contributed by atoms with van der Waals surface area (Å²) in [5.74, 6) is 0.968. The van der Waals surface area contributed by atoms with E-state index in [0.29, 0.717) is 17.3 Å². The van der Waals surface area contributed by atoms with Gasteiger partial charge in [-0.1, -0.05) is 24.3 Å². The van der Waals surface area contributed by atoms with Gasteiger partial charge in [-0.3, -0.25) is 9.59 Å². The molecule has 0 radical (unpaired) electrons. The van der Waals surface area contributed by atoms with Crippen molar-refractivity contribution in [2.45, 2.75) is 25.9 Å². The summed E-state index contributed by atoms with van der Waals surface area (Å²) in [7, 11) is 1.78. The van der Waals surface area contributed by atoms with Crippen LogP contribution in [0.2, 0.25) is 0 Å². The smallest absolute Gasteiger partial charge is 0.273 e. The van der Waals surface area contributed by atoms with Crippen LogP contribution in [0.25, 0.3) is 10.9 Å². The van der Waals surface area contributed by atoms with Gasteiger partial charge in [-0.25, -0.2) is 4.98 Å². The molecule has 5 nitrogen and oxygen atoms in total. The molecule has 24 heavy (non-hydrogen) atoms. The van der Waals surface area contributed by atoms with E-state index in [-0.39, 0.29) is 17.9 Å². The fourth-order valence-corrected chi connectivity index (χ4v) is 3.81. The Morgan fingerprint density at radius 3 is 2.75 bits per heavy atom. The summed E-state index contributed by atoms with van der Waals surface area (Å²) in [4.78, 5) is 33.3. The van der Waals surface area contributed by atoms with Crippen molar-refractivity contribution in [1.82, 2.24) is 14.8 Å². The molecule has 0 spiro atoms. The van der Waals surface area contributed by atoms with Gasteiger partial charge in [-0.15, -0.1) is 11.8 Å². The highest BCUT2D eigenvalue weighted by Crippen LogP contribution is 2.25. The SMILES string of the molecule is CC(C)N(C)C(=O)C1CSCN1C(=O)c1ccc2ccccc2n1. The number of amides is 2. The maximum Gasteiger partial charge on any atom is 0.273 e. The molecule has 1 atom stereocenters. The Bertz CT molecular complexity index is 778. The molecule has 0 bridgehead atoms. The van der Waals surface area contributed by atoms with Gasteiger partial charge < -0.3 is 9.80 Å². The zero-order valence-corrected chi connectivity index (χ0v) is 14.9. The minimum absolute atomic E-state index is 0.0101. The molecular formula is C18H21N3O2S. The first-order valence-corrected chi connectivity index (χ1v) is 9.15. The third kappa shape index (κ3) is 3.11. The first kappa shape index (κ1) is 16.8. The summed E-state index contributed by atoms with van der Waals surface area (Å²) in [5, 5.41) is 0.997. The summed E-state index contributed by atoms with van der Waals surface area (Å²) in [6.45, 7) is 3.94. The predicted octanol–water partition coefficient (Wildman–Crippen LogP) is 2.62. The van der Waals surface area contributed by atoms with E-state index in [4.69, 9.17) is 0 Å². The molecule has 0 aliphatic carbocycles. The number of aromatic nitrogens is 1. The van der Waals surface area contributed by atoms with Crippen LogP contribution in [0.5, 0.6) is 0 Å². The summed E-state index contributed by atoms with van der Waals surface area (Å²) in [6.07, 6.45) is 0. The molecule has 6 heteroatoms. The molecule has 2 aromatic rings. The molecule has 0 N–H and O–H groups in total. The maximum atomic E-state index is 12.9. The molecule has 1 aromatic carbocycles. The van der Waals surface area contributed by atoms with Crippen LogP contribution < -0.4 is 0 Å². The Morgan fingerprint density at radius 1 is 1.25 bits per heavy atom. The van der Waals surface area contributed by atoms with Gasteiger partial charge in [0.25, 0.3) is 5.91 Å². The molecule has 1 aromatic heterocycles. The molecule has 2 heterocycles. The van der Waals surface area contributed by atoms with Gasteiger partial charge in [0.05, 0.1) is 11.4 Å². The minimum atomic E-state index is -0.414. The molecule has 0 saturated carbocycles. The highest BCUT2D eigenvalue weighted by atomic mass is 32.2. The average Bonchev–Trinajstić information content (AvgIpc) is 3.08. The Morgan fingerprint density at radius 2 is 2.00 bits per heavy atom. The fourth-order valence-electron chi connectivity index (χ4n) is 2.67. The number of fused-ring (bicyclic) bond motifs is 1. The molecule has 1 aliphatic heterocycles. The zero-order chi connectivity index (χ0) is 17.3. The van der Waals surface area contributed by atoms with Crippen molar-refractivity contribution in [3.05, 3.63) is 42.1 Å². The maximum absolute atomic E-state index is 12.9. The predicted molar refractivity (Wildman–Crippen MR) is 96.9 cm³/mol. The number of nitrogens with zero attached hydrogens (tertiary/aromatic N) is 3. The second-order valence-corrected chi connectivity index (χ2v) is 7.22. The number of carbonyl (C=O) groups is 2. The van der Waals surface area contributed by atoms with E-state index in [0.717, 1.165) is 10.9 Å². The molecule has 126 valence electrons. The van der Waals surface area contributed by atoms with Crippen molar-refractivity contribution >= 4 is 34.5 Å². The number of carbonyl (C=O) groups excluding carboxylic acids is 2. The number of thioether (sulfide) groups is 1. The topological polar surface area (TPSA) is 53.5 Å². The van der Waals surface area contributed by atoms with E-state index in [1.54, 1.807) is 34.7 Å². The van der Waals surface area contributed by atoms with Crippen LogP contribution in [0.3, 0.4) is 0 Å². The van der Waals surface area contributed by atoms with Crippen LogP contribution in [0.4, 0.5) is 0 Å². The monoisotopic (exact) mass is 343 g/mol. The molecule has 1 aliphatic rings. The van der Waals surface area contributed by atoms with Gasteiger partial charge in [0.15, 0.2) is 0 Å². The minimum Gasteiger partial charge on any atom is -0.342 e. The van der Waals surface area contributed by atoms with Crippen LogP contribution in [-0.4, -0.2) is 57.4 Å². The lowest BCUT2D eigenvalue weighted by molar-refractivity contribution is -0.135. The lowest BCUT2D eigenvalue weighted by Gasteiger charge is -2.29. The number of hydrogen-bond acceptors (Lipinski definition) is 4. The number of pyridine rings is 1. The summed E-state index contributed by atoms with van der Waals surface area (Å²) < 4.78 is 0. The number of likely N-dealkylation sites (N-methyl/N-ethyl adjacent to an activating group) is 1. The van der Waals surface area contributed by atoms with Crippen molar-refractivity contribution in [3.8, 4) is 0 Å². The average molecular weight is 343 g/mol. The van der Waals surface area contributed by atoms with Crippen molar-refractivity contribution in [2.24, 2.45) is 0 Å². The van der Waals surface area contributed by atoms with Gasteiger partial charge >= 0.3 is 0 Å². The fraction of sp³-hybridized carbons (Fsp3) is 0.389. The molecular weight excluding hydrogens is 322 g/mol. The van der Waals surface area contributed by atoms with Gasteiger partial charge in [-0.2, -0.15) is 0 Å². The quantitative estimate of drug-likeness (QED) is 0.860. The lowest BCUT2D eigenvalue weighted by atomic mass is 10.1. The summed E-state index contributed by atoms with van der Waals surface area (Å²) >= 11 is 1.60. The largest absolute Gasteiger partial charge is 0.342 e. The second-order valence-electron chi connectivity index (χ2n) is 6.22. The normalized spacial score (nSPS) is 17.5. The Labute approximate surface area is 146 Å². The molecule has 1 fully saturated rings. The Balaban J connectivity index is 1.85. The highest BCUT2D eigenvalue weighted by molar-refractivity contribution is 7.99. The van der Waals surface area contributed by atoms with E-state index < -0.39 is 6.04 Å². The van der Waals surface area contributed by atoms with Crippen LogP contribution >= 0.6 is 11.8 Å². The van der Waals surface area contributed by atoms with E-state index >= 15 is 0 Å². The van der Waals surface area contributed by atoms with E-state index in [9.17, 15) is 9.59 Å². The third-order valence-corrected chi connectivity index (χ3v) is 5.38. The van der Waals surface area contributed by atoms with Crippen molar-refractivity contribution in [3.63, 3.8) is 0 Å². The summed E-state index contributed by atoms with van der Waals surface area (Å²) in [5.41, 5.74) is 1.18. The third-order valence-electron chi connectivity index (χ3n) is 4.37. The zero-order valence-electron chi connectivity index (χ0n) is 14.1. The highest BCUT2D eigenvalue weighted by Gasteiger charge is 2.37. The Hall–Kier alpha value is -2.08. The molecule has 2 amide bonds. The summed E-state index contributed by atoms with van der Waals surface area (Å²) in [6, 6.07) is 11.0. The first-order chi connectivity index (χ1) is 11.5. The van der Waals surface area contributed by atoms with Crippen molar-refractivity contribution in [2.75, 3.05) is 18.7 Å². The number of para-hydroxylation sites is 1. The van der Waals surface area contributed by atoms with Crippen LogP contribution in [0.15, 0.2) is 36.4 Å². The first-order valence-electron chi connectivity index (χ1n) is 8.00. The number of hydrogen-bond donors (Lipinski definition) is 0. The van der Waals surface area contributed by atoms with Gasteiger partial charge in [-0.05, 0) is 26.0 Å². The van der Waals surface area contributed by atoms with Crippen LogP contribution in [-0.2, 0) is 4.79 Å². The number of benzene rings is 1. The standard InChI is InChI=1S/C18H21N3O2S/c1-12(2)20(3)18(23)16-10-24-11-21(16)17(22)15-9-8-13-6-4-5-7-14(13)19-15/h4-9,12,16H,10-11H2,1-3H3. The van der Waals surface area contributed by atoms with E-state index in [1.165, 1.54) is 0 Å². The second kappa shape index (κ2) is 6.81. The molecule has 1 saturated heterocycles. The van der Waals surface area contributed by atoms with Gasteiger partial charge in [0, 0.05) is 24.2 Å². The Kier molecular flexibility index (Phi) is 4.76. The van der Waals surface area contributed by atoms with Crippen LogP contribution in [0, 0.1) is 0 Å². The molecule has 1 unspecified atom stereocenters. The van der Waals surface area contributed by atoms with Crippen LogP contribution in [0.1, 0.15) is 24.3 Å². The van der Waals surface area contributed by atoms with Gasteiger partial charge in [0.1, 0.15) is 11.7 Å².